The number of rotatable bonds is 28. The lowest BCUT2D eigenvalue weighted by molar-refractivity contribution is 0.258. The summed E-state index contributed by atoms with van der Waals surface area (Å²) in [5.74, 6) is 1.75. The molecule has 0 aliphatic heterocycles. The van der Waals surface area contributed by atoms with Gasteiger partial charge < -0.3 is 9.47 Å². The third-order valence-corrected chi connectivity index (χ3v) is 7.52. The van der Waals surface area contributed by atoms with Crippen LogP contribution in [-0.4, -0.2) is 13.2 Å². The zero-order valence-corrected chi connectivity index (χ0v) is 25.1. The van der Waals surface area contributed by atoms with E-state index in [0.29, 0.717) is 0 Å². The van der Waals surface area contributed by atoms with Gasteiger partial charge in [-0.2, -0.15) is 0 Å². The first kappa shape index (κ1) is 33.8. The summed E-state index contributed by atoms with van der Waals surface area (Å²) in [5.41, 5.74) is 0.988. The van der Waals surface area contributed by atoms with E-state index in [1.165, 1.54) is 141 Å². The molecule has 0 unspecified atom stereocenters. The molecule has 0 aliphatic carbocycles. The van der Waals surface area contributed by atoms with Crippen molar-refractivity contribution < 1.29 is 9.47 Å². The molecular formula is C35H63O2. The summed E-state index contributed by atoms with van der Waals surface area (Å²) in [6, 6.07) is 6.08. The lowest BCUT2D eigenvalue weighted by Crippen LogP contribution is -2.03. The van der Waals surface area contributed by atoms with Gasteiger partial charge in [0.25, 0.3) is 0 Å². The van der Waals surface area contributed by atoms with Gasteiger partial charge in [0.1, 0.15) is 0 Å². The lowest BCUT2D eigenvalue weighted by Gasteiger charge is -2.13. The Bertz CT molecular complexity index is 597. The minimum atomic E-state index is 0.774. The summed E-state index contributed by atoms with van der Waals surface area (Å²) in [4.78, 5) is 0. The van der Waals surface area contributed by atoms with E-state index in [1.54, 1.807) is 0 Å². The molecule has 1 aromatic rings. The van der Waals surface area contributed by atoms with Crippen LogP contribution in [0.1, 0.15) is 174 Å². The summed E-state index contributed by atoms with van der Waals surface area (Å²) in [7, 11) is 0. The monoisotopic (exact) mass is 515 g/mol. The molecule has 0 aromatic heterocycles. The highest BCUT2D eigenvalue weighted by Crippen LogP contribution is 2.29. The molecule has 37 heavy (non-hydrogen) atoms. The Morgan fingerprint density at radius 3 is 1.14 bits per heavy atom. The van der Waals surface area contributed by atoms with Gasteiger partial charge in [-0.25, -0.2) is 0 Å². The van der Waals surface area contributed by atoms with Crippen LogP contribution >= 0.6 is 0 Å². The van der Waals surface area contributed by atoms with Gasteiger partial charge in [0, 0.05) is 0 Å². The van der Waals surface area contributed by atoms with Crippen molar-refractivity contribution >= 4 is 0 Å². The largest absolute Gasteiger partial charge is 0.490 e. The van der Waals surface area contributed by atoms with Crippen LogP contribution in [0, 0.1) is 6.92 Å². The normalized spacial score (nSPS) is 11.2. The zero-order valence-electron chi connectivity index (χ0n) is 25.1. The summed E-state index contributed by atoms with van der Waals surface area (Å²) < 4.78 is 12.2. The second kappa shape index (κ2) is 26.4. The van der Waals surface area contributed by atoms with Crippen LogP contribution in [0.4, 0.5) is 0 Å². The molecule has 0 spiro atoms. The average molecular weight is 516 g/mol. The summed E-state index contributed by atoms with van der Waals surface area (Å²) >= 11 is 0. The van der Waals surface area contributed by atoms with Crippen LogP contribution < -0.4 is 9.47 Å². The molecule has 0 amide bonds. The van der Waals surface area contributed by atoms with Gasteiger partial charge in [0.15, 0.2) is 11.5 Å². The Morgan fingerprint density at radius 1 is 0.432 bits per heavy atom. The standard InChI is InChI=1S/C35H63O2/c1-4-6-8-10-12-14-16-18-20-22-24-26-30-36-34-29-28-33(3)32-35(34)37-31-27-25-23-21-19-17-15-13-11-9-7-5-2/h28-29,32H,3-27,30-31H2,1-2H3. The number of hydrogen-bond donors (Lipinski definition) is 0. The Kier molecular flexibility index (Phi) is 24.2. The fourth-order valence-corrected chi connectivity index (χ4v) is 5.03. The molecule has 1 aromatic carbocycles. The average Bonchev–Trinajstić information content (AvgIpc) is 2.90. The van der Waals surface area contributed by atoms with Gasteiger partial charge in [0.05, 0.1) is 13.2 Å². The van der Waals surface area contributed by atoms with Crippen molar-refractivity contribution in [3.63, 3.8) is 0 Å². The molecule has 0 bridgehead atoms. The van der Waals surface area contributed by atoms with Crippen LogP contribution in [0.2, 0.25) is 0 Å². The molecule has 0 atom stereocenters. The molecule has 0 fully saturated rings. The SMILES string of the molecule is [CH2]c1ccc(OCCCCCCCCCCCCCC)c(OCCCCCCCCCCCCCC)c1. The van der Waals surface area contributed by atoms with Gasteiger partial charge in [-0.15, -0.1) is 0 Å². The third-order valence-electron chi connectivity index (χ3n) is 7.52. The second-order valence-corrected chi connectivity index (χ2v) is 11.3. The summed E-state index contributed by atoms with van der Waals surface area (Å²) in [6.45, 7) is 10.2. The highest BCUT2D eigenvalue weighted by molar-refractivity contribution is 5.43. The predicted octanol–water partition coefficient (Wildman–Crippen LogP) is 12.0. The van der Waals surface area contributed by atoms with Gasteiger partial charge in [-0.3, -0.25) is 0 Å². The zero-order chi connectivity index (χ0) is 26.7. The lowest BCUT2D eigenvalue weighted by atomic mass is 10.1. The van der Waals surface area contributed by atoms with Crippen molar-refractivity contribution in [1.29, 1.82) is 0 Å². The fraction of sp³-hybridized carbons (Fsp3) is 0.800. The van der Waals surface area contributed by atoms with Crippen LogP contribution in [-0.2, 0) is 0 Å². The second-order valence-electron chi connectivity index (χ2n) is 11.3. The van der Waals surface area contributed by atoms with E-state index in [2.05, 4.69) is 20.8 Å². The Labute approximate surface area is 232 Å². The van der Waals surface area contributed by atoms with E-state index >= 15 is 0 Å². The number of ether oxygens (including phenoxy) is 2. The molecule has 0 heterocycles. The molecule has 2 nitrogen and oxygen atoms in total. The number of benzene rings is 1. The Balaban J connectivity index is 2.01. The molecule has 0 aliphatic rings. The smallest absolute Gasteiger partial charge is 0.161 e. The van der Waals surface area contributed by atoms with E-state index < -0.39 is 0 Å². The summed E-state index contributed by atoms with van der Waals surface area (Å²) in [6.07, 6.45) is 32.8. The van der Waals surface area contributed by atoms with Crippen LogP contribution in [0.3, 0.4) is 0 Å². The predicted molar refractivity (Wildman–Crippen MR) is 164 cm³/mol. The van der Waals surface area contributed by atoms with Gasteiger partial charge in [0.2, 0.25) is 0 Å². The maximum Gasteiger partial charge on any atom is 0.161 e. The van der Waals surface area contributed by atoms with E-state index in [9.17, 15) is 0 Å². The molecule has 0 saturated carbocycles. The molecular weight excluding hydrogens is 452 g/mol. The minimum absolute atomic E-state index is 0.774. The van der Waals surface area contributed by atoms with Crippen molar-refractivity contribution in [2.75, 3.05) is 13.2 Å². The van der Waals surface area contributed by atoms with Crippen molar-refractivity contribution in [3.05, 3.63) is 30.7 Å². The first-order valence-electron chi connectivity index (χ1n) is 16.5. The van der Waals surface area contributed by atoms with Crippen molar-refractivity contribution in [2.45, 2.75) is 168 Å². The molecule has 1 radical (unpaired) electrons. The van der Waals surface area contributed by atoms with Gasteiger partial charge in [-0.1, -0.05) is 161 Å². The number of unbranched alkanes of at least 4 members (excludes halogenated alkanes) is 22. The van der Waals surface area contributed by atoms with E-state index in [4.69, 9.17) is 9.47 Å². The number of hydrogen-bond acceptors (Lipinski definition) is 2. The van der Waals surface area contributed by atoms with E-state index in [1.807, 2.05) is 18.2 Å². The van der Waals surface area contributed by atoms with Crippen LogP contribution in [0.25, 0.3) is 0 Å². The van der Waals surface area contributed by atoms with Crippen molar-refractivity contribution in [3.8, 4) is 11.5 Å². The topological polar surface area (TPSA) is 18.5 Å². The fourth-order valence-electron chi connectivity index (χ4n) is 5.03. The summed E-state index contributed by atoms with van der Waals surface area (Å²) in [5, 5.41) is 0. The maximum absolute atomic E-state index is 6.11. The Morgan fingerprint density at radius 2 is 0.757 bits per heavy atom. The Hall–Kier alpha value is -1.18. The molecule has 0 saturated heterocycles. The molecule has 215 valence electrons. The molecule has 1 rings (SSSR count). The van der Waals surface area contributed by atoms with Crippen LogP contribution in [0.15, 0.2) is 18.2 Å². The maximum atomic E-state index is 6.11. The first-order valence-corrected chi connectivity index (χ1v) is 16.5. The van der Waals surface area contributed by atoms with Gasteiger partial charge in [-0.05, 0) is 37.5 Å². The molecule has 0 N–H and O–H groups in total. The highest BCUT2D eigenvalue weighted by atomic mass is 16.5. The highest BCUT2D eigenvalue weighted by Gasteiger charge is 2.06. The van der Waals surface area contributed by atoms with Crippen molar-refractivity contribution in [1.82, 2.24) is 0 Å². The minimum Gasteiger partial charge on any atom is -0.490 e. The van der Waals surface area contributed by atoms with Crippen LogP contribution in [0.5, 0.6) is 11.5 Å². The molecule has 2 heteroatoms. The van der Waals surface area contributed by atoms with Crippen molar-refractivity contribution in [2.24, 2.45) is 0 Å². The van der Waals surface area contributed by atoms with E-state index in [0.717, 1.165) is 43.1 Å². The first-order chi connectivity index (χ1) is 18.3. The third kappa shape index (κ3) is 21.4. The van der Waals surface area contributed by atoms with Gasteiger partial charge >= 0.3 is 0 Å². The van der Waals surface area contributed by atoms with E-state index in [-0.39, 0.29) is 0 Å². The quantitative estimate of drug-likeness (QED) is 0.103.